The van der Waals surface area contributed by atoms with Gasteiger partial charge in [-0.25, -0.2) is 0 Å². The third-order valence-electron chi connectivity index (χ3n) is 3.06. The molecule has 8 heteroatoms. The van der Waals surface area contributed by atoms with Crippen LogP contribution in [0.2, 0.25) is 0 Å². The molecule has 0 aliphatic carbocycles. The number of aromatic hydroxyl groups is 1. The Morgan fingerprint density at radius 1 is 1.14 bits per heavy atom. The summed E-state index contributed by atoms with van der Waals surface area (Å²) in [5.41, 5.74) is -0.768. The molecule has 4 nitrogen and oxygen atoms in total. The number of hydrogen-bond acceptors (Lipinski definition) is 4. The van der Waals surface area contributed by atoms with E-state index >= 15 is 0 Å². The topological polar surface area (TPSA) is 54.4 Å². The maximum atomic E-state index is 13.6. The number of halogens is 4. The van der Waals surface area contributed by atoms with E-state index in [0.29, 0.717) is 5.75 Å². The van der Waals surface area contributed by atoms with Crippen LogP contribution in [0.15, 0.2) is 18.2 Å². The van der Waals surface area contributed by atoms with E-state index in [1.54, 1.807) is 0 Å². The maximum Gasteiger partial charge on any atom is 0.253 e. The average Bonchev–Trinajstić information content (AvgIpc) is 2.50. The molecule has 0 saturated heterocycles. The van der Waals surface area contributed by atoms with Crippen LogP contribution in [-0.4, -0.2) is 17.2 Å². The zero-order valence-electron chi connectivity index (χ0n) is 11.6. The van der Waals surface area contributed by atoms with Crippen LogP contribution in [0.4, 0.5) is 23.2 Å². The molecule has 0 fully saturated rings. The summed E-state index contributed by atoms with van der Waals surface area (Å²) < 4.78 is 58.3. The van der Waals surface area contributed by atoms with E-state index in [9.17, 15) is 22.7 Å². The standard InChI is InChI=1S/C14H12F4N2O2/c1-6(8-5-7(22-2)3-4-9(8)21)19-12-10(15)13(17)20-14(18)11(12)16/h3-6,21H,1-2H3,(H,19,20). The number of anilines is 1. The van der Waals surface area contributed by atoms with Gasteiger partial charge in [0, 0.05) is 5.56 Å². The van der Waals surface area contributed by atoms with Crippen LogP contribution >= 0.6 is 0 Å². The van der Waals surface area contributed by atoms with E-state index in [1.165, 1.54) is 32.2 Å². The van der Waals surface area contributed by atoms with Gasteiger partial charge in [-0.1, -0.05) is 0 Å². The number of ether oxygens (including phenoxy) is 1. The Morgan fingerprint density at radius 2 is 1.73 bits per heavy atom. The summed E-state index contributed by atoms with van der Waals surface area (Å²) in [5.74, 6) is -6.58. The smallest absolute Gasteiger partial charge is 0.253 e. The molecule has 2 aromatic rings. The molecule has 2 rings (SSSR count). The Morgan fingerprint density at radius 3 is 2.27 bits per heavy atom. The summed E-state index contributed by atoms with van der Waals surface area (Å²) in [4.78, 5) is 2.47. The van der Waals surface area contributed by atoms with Crippen LogP contribution in [0.1, 0.15) is 18.5 Å². The van der Waals surface area contributed by atoms with Crippen LogP contribution in [0.3, 0.4) is 0 Å². The molecule has 0 radical (unpaired) electrons. The number of rotatable bonds is 4. The first-order chi connectivity index (χ1) is 10.3. The van der Waals surface area contributed by atoms with Gasteiger partial charge in [-0.15, -0.1) is 0 Å². The number of benzene rings is 1. The summed E-state index contributed by atoms with van der Waals surface area (Å²) in [6.07, 6.45) is 0. The largest absolute Gasteiger partial charge is 0.508 e. The molecular weight excluding hydrogens is 304 g/mol. The van der Waals surface area contributed by atoms with Gasteiger partial charge in [0.1, 0.15) is 17.2 Å². The van der Waals surface area contributed by atoms with Crippen LogP contribution in [0.25, 0.3) is 0 Å². The van der Waals surface area contributed by atoms with Crippen molar-refractivity contribution in [2.75, 3.05) is 12.4 Å². The van der Waals surface area contributed by atoms with E-state index in [0.717, 1.165) is 0 Å². The molecule has 1 unspecified atom stereocenters. The molecular formula is C14H12F4N2O2. The number of hydrogen-bond donors (Lipinski definition) is 2. The summed E-state index contributed by atoms with van der Waals surface area (Å²) in [6.45, 7) is 1.45. The van der Waals surface area contributed by atoms with Crippen LogP contribution < -0.4 is 10.1 Å². The second-order valence-corrected chi connectivity index (χ2v) is 4.49. The van der Waals surface area contributed by atoms with Gasteiger partial charge in [-0.3, -0.25) is 0 Å². The molecule has 0 bridgehead atoms. The van der Waals surface area contributed by atoms with Crippen LogP contribution in [-0.2, 0) is 0 Å². The zero-order valence-corrected chi connectivity index (χ0v) is 11.6. The zero-order chi connectivity index (χ0) is 16.4. The quantitative estimate of drug-likeness (QED) is 0.669. The normalized spacial score (nSPS) is 12.1. The summed E-state index contributed by atoms with van der Waals surface area (Å²) in [7, 11) is 1.40. The summed E-state index contributed by atoms with van der Waals surface area (Å²) in [6, 6.07) is 3.38. The molecule has 0 amide bonds. The first kappa shape index (κ1) is 15.9. The minimum atomic E-state index is -1.76. The molecule has 22 heavy (non-hydrogen) atoms. The Labute approximate surface area is 123 Å². The minimum Gasteiger partial charge on any atom is -0.508 e. The molecule has 1 atom stereocenters. The van der Waals surface area contributed by atoms with Crippen molar-refractivity contribution in [1.82, 2.24) is 4.98 Å². The molecule has 1 aromatic heterocycles. The van der Waals surface area contributed by atoms with Gasteiger partial charge in [0.05, 0.1) is 13.2 Å². The van der Waals surface area contributed by atoms with Crippen molar-refractivity contribution >= 4 is 5.69 Å². The fourth-order valence-corrected chi connectivity index (χ4v) is 1.91. The first-order valence-electron chi connectivity index (χ1n) is 6.18. The van der Waals surface area contributed by atoms with Gasteiger partial charge in [0.25, 0.3) is 11.9 Å². The molecule has 0 saturated carbocycles. The molecule has 1 aromatic carbocycles. The Hall–Kier alpha value is -2.51. The fourth-order valence-electron chi connectivity index (χ4n) is 1.91. The van der Waals surface area contributed by atoms with Gasteiger partial charge in [0.2, 0.25) is 11.6 Å². The second-order valence-electron chi connectivity index (χ2n) is 4.49. The molecule has 118 valence electrons. The van der Waals surface area contributed by atoms with E-state index < -0.39 is 35.3 Å². The molecule has 0 aliphatic rings. The summed E-state index contributed by atoms with van der Waals surface area (Å²) >= 11 is 0. The van der Waals surface area contributed by atoms with E-state index in [1.807, 2.05) is 0 Å². The van der Waals surface area contributed by atoms with Crippen molar-refractivity contribution in [3.63, 3.8) is 0 Å². The predicted octanol–water partition coefficient (Wildman–Crippen LogP) is 3.53. The van der Waals surface area contributed by atoms with Gasteiger partial charge < -0.3 is 15.2 Å². The highest BCUT2D eigenvalue weighted by Crippen LogP contribution is 2.32. The molecule has 0 aliphatic heterocycles. The lowest BCUT2D eigenvalue weighted by Crippen LogP contribution is -2.13. The highest BCUT2D eigenvalue weighted by Gasteiger charge is 2.23. The number of aromatic nitrogens is 1. The third kappa shape index (κ3) is 2.90. The number of nitrogens with one attached hydrogen (secondary N) is 1. The monoisotopic (exact) mass is 316 g/mol. The van der Waals surface area contributed by atoms with Crippen molar-refractivity contribution in [1.29, 1.82) is 0 Å². The molecule has 1 heterocycles. The average molecular weight is 316 g/mol. The number of methoxy groups -OCH3 is 1. The second kappa shape index (κ2) is 6.08. The lowest BCUT2D eigenvalue weighted by molar-refractivity contribution is 0.407. The van der Waals surface area contributed by atoms with Crippen LogP contribution in [0, 0.1) is 23.5 Å². The van der Waals surface area contributed by atoms with Crippen molar-refractivity contribution < 1.29 is 27.4 Å². The number of phenols is 1. The summed E-state index contributed by atoms with van der Waals surface area (Å²) in [5, 5.41) is 12.1. The van der Waals surface area contributed by atoms with Gasteiger partial charge >= 0.3 is 0 Å². The lowest BCUT2D eigenvalue weighted by atomic mass is 10.1. The van der Waals surface area contributed by atoms with E-state index in [-0.39, 0.29) is 11.3 Å². The predicted molar refractivity (Wildman–Crippen MR) is 70.8 cm³/mol. The lowest BCUT2D eigenvalue weighted by Gasteiger charge is -2.18. The fraction of sp³-hybridized carbons (Fsp3) is 0.214. The van der Waals surface area contributed by atoms with Crippen molar-refractivity contribution in [2.24, 2.45) is 0 Å². The molecule has 2 N–H and O–H groups in total. The molecule has 0 spiro atoms. The first-order valence-corrected chi connectivity index (χ1v) is 6.18. The number of pyridine rings is 1. The number of phenolic OH excluding ortho intramolecular Hbond substituents is 1. The van der Waals surface area contributed by atoms with E-state index in [4.69, 9.17) is 4.74 Å². The Bertz CT molecular complexity index is 683. The van der Waals surface area contributed by atoms with E-state index in [2.05, 4.69) is 10.3 Å². The van der Waals surface area contributed by atoms with Crippen molar-refractivity contribution in [2.45, 2.75) is 13.0 Å². The van der Waals surface area contributed by atoms with Gasteiger partial charge in [-0.2, -0.15) is 22.5 Å². The highest BCUT2D eigenvalue weighted by molar-refractivity contribution is 5.50. The van der Waals surface area contributed by atoms with Crippen LogP contribution in [0.5, 0.6) is 11.5 Å². The number of nitrogens with zero attached hydrogens (tertiary/aromatic N) is 1. The Balaban J connectivity index is 2.39. The SMILES string of the molecule is COc1ccc(O)c(C(C)Nc2c(F)c(F)nc(F)c2F)c1. The maximum absolute atomic E-state index is 13.6. The minimum absolute atomic E-state index is 0.170. The third-order valence-corrected chi connectivity index (χ3v) is 3.06. The Kier molecular flexibility index (Phi) is 4.39. The highest BCUT2D eigenvalue weighted by atomic mass is 19.2. The van der Waals surface area contributed by atoms with Gasteiger partial charge in [0.15, 0.2) is 0 Å². The van der Waals surface area contributed by atoms with Crippen molar-refractivity contribution in [3.05, 3.63) is 47.3 Å². The van der Waals surface area contributed by atoms with Crippen molar-refractivity contribution in [3.8, 4) is 11.5 Å². The van der Waals surface area contributed by atoms with Gasteiger partial charge in [-0.05, 0) is 25.1 Å².